The number of nitro groups is 1. The highest BCUT2D eigenvalue weighted by molar-refractivity contribution is 9.10. The minimum atomic E-state index is -0.670. The molecule has 0 bridgehead atoms. The van der Waals surface area contributed by atoms with Gasteiger partial charge in [-0.15, -0.1) is 0 Å². The SMILES string of the molecule is Cc1cccc(C(=O)Nc2cc(F)ccc2Br)c1[N+](=O)[O-]. The number of benzene rings is 2. The lowest BCUT2D eigenvalue weighted by molar-refractivity contribution is -0.385. The number of halogens is 2. The van der Waals surface area contributed by atoms with Gasteiger partial charge in [-0.1, -0.05) is 12.1 Å². The van der Waals surface area contributed by atoms with E-state index in [2.05, 4.69) is 21.2 Å². The number of rotatable bonds is 3. The molecular formula is C14H10BrFN2O3. The molecule has 21 heavy (non-hydrogen) atoms. The van der Waals surface area contributed by atoms with Crippen LogP contribution in [0.1, 0.15) is 15.9 Å². The smallest absolute Gasteiger partial charge is 0.285 e. The molecule has 1 N–H and O–H groups in total. The second kappa shape index (κ2) is 6.01. The van der Waals surface area contributed by atoms with E-state index >= 15 is 0 Å². The monoisotopic (exact) mass is 352 g/mol. The van der Waals surface area contributed by atoms with Crippen molar-refractivity contribution in [1.82, 2.24) is 0 Å². The largest absolute Gasteiger partial charge is 0.321 e. The Morgan fingerprint density at radius 3 is 2.71 bits per heavy atom. The number of carbonyl (C=O) groups excluding carboxylic acids is 1. The molecule has 0 fully saturated rings. The predicted molar refractivity (Wildman–Crippen MR) is 79.9 cm³/mol. The molecule has 1 amide bonds. The van der Waals surface area contributed by atoms with Crippen LogP contribution in [0.3, 0.4) is 0 Å². The number of nitrogens with one attached hydrogen (secondary N) is 1. The highest BCUT2D eigenvalue weighted by atomic mass is 79.9. The molecule has 0 radical (unpaired) electrons. The fraction of sp³-hybridized carbons (Fsp3) is 0.0714. The quantitative estimate of drug-likeness (QED) is 0.668. The fourth-order valence-electron chi connectivity index (χ4n) is 1.87. The van der Waals surface area contributed by atoms with E-state index in [1.807, 2.05) is 0 Å². The van der Waals surface area contributed by atoms with Crippen molar-refractivity contribution in [3.8, 4) is 0 Å². The molecule has 2 aromatic rings. The van der Waals surface area contributed by atoms with Crippen molar-refractivity contribution in [3.63, 3.8) is 0 Å². The molecule has 0 saturated carbocycles. The van der Waals surface area contributed by atoms with Crippen LogP contribution < -0.4 is 5.32 Å². The van der Waals surface area contributed by atoms with Gasteiger partial charge in [-0.05, 0) is 47.1 Å². The summed E-state index contributed by atoms with van der Waals surface area (Å²) in [6.45, 7) is 1.55. The van der Waals surface area contributed by atoms with Crippen molar-refractivity contribution in [3.05, 3.63) is 67.9 Å². The van der Waals surface area contributed by atoms with Gasteiger partial charge in [0, 0.05) is 10.0 Å². The van der Waals surface area contributed by atoms with Gasteiger partial charge in [-0.25, -0.2) is 4.39 Å². The van der Waals surface area contributed by atoms with Crippen molar-refractivity contribution < 1.29 is 14.1 Å². The third-order valence-corrected chi connectivity index (χ3v) is 3.53. The maximum atomic E-state index is 13.2. The summed E-state index contributed by atoms with van der Waals surface area (Å²) < 4.78 is 13.7. The summed E-state index contributed by atoms with van der Waals surface area (Å²) in [4.78, 5) is 22.7. The van der Waals surface area contributed by atoms with Crippen LogP contribution in [0, 0.1) is 22.9 Å². The van der Waals surface area contributed by atoms with E-state index in [9.17, 15) is 19.3 Å². The van der Waals surface area contributed by atoms with E-state index in [1.165, 1.54) is 18.2 Å². The van der Waals surface area contributed by atoms with Gasteiger partial charge in [0.15, 0.2) is 0 Å². The van der Waals surface area contributed by atoms with Crippen molar-refractivity contribution in [1.29, 1.82) is 0 Å². The highest BCUT2D eigenvalue weighted by Crippen LogP contribution is 2.27. The third kappa shape index (κ3) is 3.25. The van der Waals surface area contributed by atoms with E-state index in [0.717, 1.165) is 6.07 Å². The van der Waals surface area contributed by atoms with Gasteiger partial charge in [0.2, 0.25) is 0 Å². The maximum absolute atomic E-state index is 13.2. The van der Waals surface area contributed by atoms with Crippen LogP contribution in [-0.2, 0) is 0 Å². The number of hydrogen-bond acceptors (Lipinski definition) is 3. The number of hydrogen-bond donors (Lipinski definition) is 1. The average Bonchev–Trinajstić information content (AvgIpc) is 2.42. The lowest BCUT2D eigenvalue weighted by Gasteiger charge is -2.09. The molecule has 2 rings (SSSR count). The topological polar surface area (TPSA) is 72.2 Å². The Labute approximate surface area is 128 Å². The summed E-state index contributed by atoms with van der Waals surface area (Å²) >= 11 is 3.18. The minimum Gasteiger partial charge on any atom is -0.321 e. The first-order chi connectivity index (χ1) is 9.90. The number of amides is 1. The van der Waals surface area contributed by atoms with Gasteiger partial charge in [0.25, 0.3) is 11.6 Å². The molecule has 0 heterocycles. The number of para-hydroxylation sites is 1. The molecule has 2 aromatic carbocycles. The van der Waals surface area contributed by atoms with Gasteiger partial charge < -0.3 is 5.32 Å². The highest BCUT2D eigenvalue weighted by Gasteiger charge is 2.22. The Morgan fingerprint density at radius 2 is 2.05 bits per heavy atom. The van der Waals surface area contributed by atoms with E-state index in [4.69, 9.17) is 0 Å². The molecule has 0 atom stereocenters. The number of carbonyl (C=O) groups is 1. The first kappa shape index (κ1) is 15.1. The van der Waals surface area contributed by atoms with Gasteiger partial charge in [-0.3, -0.25) is 14.9 Å². The Bertz CT molecular complexity index is 734. The molecule has 0 spiro atoms. The molecule has 108 valence electrons. The van der Waals surface area contributed by atoms with Gasteiger partial charge >= 0.3 is 0 Å². The van der Waals surface area contributed by atoms with Gasteiger partial charge in [0.05, 0.1) is 10.6 Å². The molecule has 7 heteroatoms. The van der Waals surface area contributed by atoms with Crippen molar-refractivity contribution >= 4 is 33.2 Å². The average molecular weight is 353 g/mol. The first-order valence-electron chi connectivity index (χ1n) is 5.90. The van der Waals surface area contributed by atoms with E-state index in [0.29, 0.717) is 10.0 Å². The molecule has 0 saturated heterocycles. The normalized spacial score (nSPS) is 10.2. The second-order valence-corrected chi connectivity index (χ2v) is 5.16. The number of nitrogens with zero attached hydrogens (tertiary/aromatic N) is 1. The number of aryl methyl sites for hydroxylation is 1. The zero-order chi connectivity index (χ0) is 15.6. The molecule has 0 aromatic heterocycles. The summed E-state index contributed by atoms with van der Waals surface area (Å²) in [5.41, 5.74) is 0.250. The summed E-state index contributed by atoms with van der Waals surface area (Å²) in [7, 11) is 0. The van der Waals surface area contributed by atoms with Crippen LogP contribution in [-0.4, -0.2) is 10.8 Å². The molecule has 0 aliphatic heterocycles. The van der Waals surface area contributed by atoms with E-state index < -0.39 is 16.6 Å². The van der Waals surface area contributed by atoms with Crippen molar-refractivity contribution in [2.75, 3.05) is 5.32 Å². The zero-order valence-corrected chi connectivity index (χ0v) is 12.5. The molecule has 5 nitrogen and oxygen atoms in total. The minimum absolute atomic E-state index is 0.0730. The standard InChI is InChI=1S/C14H10BrFN2O3/c1-8-3-2-4-10(13(8)18(20)21)14(19)17-12-7-9(16)5-6-11(12)15/h2-7H,1H3,(H,17,19). The van der Waals surface area contributed by atoms with Crippen LogP contribution in [0.25, 0.3) is 0 Å². The Kier molecular flexibility index (Phi) is 4.32. The Hall–Kier alpha value is -2.28. The van der Waals surface area contributed by atoms with Crippen LogP contribution >= 0.6 is 15.9 Å². The van der Waals surface area contributed by atoms with Gasteiger partial charge in [0.1, 0.15) is 11.4 Å². The molecule has 0 aliphatic rings. The van der Waals surface area contributed by atoms with Crippen molar-refractivity contribution in [2.24, 2.45) is 0 Å². The first-order valence-corrected chi connectivity index (χ1v) is 6.70. The summed E-state index contributed by atoms with van der Waals surface area (Å²) in [5.74, 6) is -1.19. The molecule has 0 unspecified atom stereocenters. The predicted octanol–water partition coefficient (Wildman–Crippen LogP) is 4.06. The van der Waals surface area contributed by atoms with Crippen LogP contribution in [0.5, 0.6) is 0 Å². The van der Waals surface area contributed by atoms with Crippen molar-refractivity contribution in [2.45, 2.75) is 6.92 Å². The van der Waals surface area contributed by atoms with E-state index in [1.54, 1.807) is 19.1 Å². The third-order valence-electron chi connectivity index (χ3n) is 2.84. The number of nitro benzene ring substituents is 1. The lowest BCUT2D eigenvalue weighted by atomic mass is 10.1. The fourth-order valence-corrected chi connectivity index (χ4v) is 2.21. The Morgan fingerprint density at radius 1 is 1.33 bits per heavy atom. The van der Waals surface area contributed by atoms with Crippen LogP contribution in [0.15, 0.2) is 40.9 Å². The Balaban J connectivity index is 2.40. The van der Waals surface area contributed by atoms with Crippen LogP contribution in [0.4, 0.5) is 15.8 Å². The molecular weight excluding hydrogens is 343 g/mol. The summed E-state index contributed by atoms with van der Waals surface area (Å²) in [5, 5.41) is 13.5. The van der Waals surface area contributed by atoms with E-state index in [-0.39, 0.29) is 16.9 Å². The number of anilines is 1. The lowest BCUT2D eigenvalue weighted by Crippen LogP contribution is -2.15. The summed E-state index contributed by atoms with van der Waals surface area (Å²) in [6, 6.07) is 8.26. The summed E-state index contributed by atoms with van der Waals surface area (Å²) in [6.07, 6.45) is 0. The maximum Gasteiger partial charge on any atom is 0.285 e. The zero-order valence-electron chi connectivity index (χ0n) is 10.9. The second-order valence-electron chi connectivity index (χ2n) is 4.31. The van der Waals surface area contributed by atoms with Gasteiger partial charge in [-0.2, -0.15) is 0 Å². The van der Waals surface area contributed by atoms with Crippen LogP contribution in [0.2, 0.25) is 0 Å². The molecule has 0 aliphatic carbocycles.